The monoisotopic (exact) mass is 309 g/mol. The Kier molecular flexibility index (Phi) is 4.37. The van der Waals surface area contributed by atoms with E-state index in [2.05, 4.69) is 79.7 Å². The molecule has 2 aromatic carbocycles. The zero-order valence-corrected chi connectivity index (χ0v) is 14.4. The van der Waals surface area contributed by atoms with Crippen LogP contribution in [0.2, 0.25) is 0 Å². The third kappa shape index (κ3) is 3.09. The Morgan fingerprint density at radius 3 is 2.65 bits per heavy atom. The number of imidazole rings is 1. The SMILES string of the molecule is CC[n+]1c(COc2cc(C)ccc2C(C)C)[nH]c2ccccc21. The summed E-state index contributed by atoms with van der Waals surface area (Å²) in [5.41, 5.74) is 4.86. The van der Waals surface area contributed by atoms with Gasteiger partial charge in [-0.25, -0.2) is 9.55 Å². The number of H-pyrrole nitrogens is 1. The molecule has 0 saturated carbocycles. The molecule has 0 radical (unpaired) electrons. The Hall–Kier alpha value is -2.29. The van der Waals surface area contributed by atoms with Crippen molar-refractivity contribution in [3.8, 4) is 5.75 Å². The predicted octanol–water partition coefficient (Wildman–Crippen LogP) is 4.49. The van der Waals surface area contributed by atoms with E-state index in [1.165, 1.54) is 16.6 Å². The minimum absolute atomic E-state index is 0.451. The molecule has 1 aromatic heterocycles. The molecule has 0 saturated heterocycles. The second-order valence-electron chi connectivity index (χ2n) is 6.32. The van der Waals surface area contributed by atoms with Gasteiger partial charge in [-0.2, -0.15) is 0 Å². The summed E-state index contributed by atoms with van der Waals surface area (Å²) in [5.74, 6) is 2.54. The summed E-state index contributed by atoms with van der Waals surface area (Å²) in [6.45, 7) is 10.1. The number of nitrogens with one attached hydrogen (secondary N) is 1. The van der Waals surface area contributed by atoms with Gasteiger partial charge < -0.3 is 4.74 Å². The van der Waals surface area contributed by atoms with Crippen LogP contribution < -0.4 is 9.30 Å². The zero-order valence-electron chi connectivity index (χ0n) is 14.4. The zero-order chi connectivity index (χ0) is 16.4. The molecule has 23 heavy (non-hydrogen) atoms. The first-order valence-corrected chi connectivity index (χ1v) is 8.33. The molecule has 0 amide bonds. The van der Waals surface area contributed by atoms with Gasteiger partial charge in [0.2, 0.25) is 0 Å². The van der Waals surface area contributed by atoms with E-state index in [0.29, 0.717) is 12.5 Å². The van der Waals surface area contributed by atoms with Crippen molar-refractivity contribution in [2.75, 3.05) is 0 Å². The molecule has 0 aliphatic heterocycles. The molecule has 1 N–H and O–H groups in total. The third-order valence-electron chi connectivity index (χ3n) is 4.27. The minimum atomic E-state index is 0.451. The summed E-state index contributed by atoms with van der Waals surface area (Å²) < 4.78 is 8.46. The first-order valence-electron chi connectivity index (χ1n) is 8.33. The molecule has 3 aromatic rings. The molecule has 3 rings (SSSR count). The van der Waals surface area contributed by atoms with Crippen LogP contribution in [0.4, 0.5) is 0 Å². The van der Waals surface area contributed by atoms with Gasteiger partial charge in [-0.3, -0.25) is 0 Å². The van der Waals surface area contributed by atoms with E-state index < -0.39 is 0 Å². The third-order valence-corrected chi connectivity index (χ3v) is 4.27. The number of aromatic nitrogens is 2. The lowest BCUT2D eigenvalue weighted by Crippen LogP contribution is -2.36. The van der Waals surface area contributed by atoms with E-state index in [4.69, 9.17) is 4.74 Å². The quantitative estimate of drug-likeness (QED) is 0.691. The fourth-order valence-corrected chi connectivity index (χ4v) is 3.05. The van der Waals surface area contributed by atoms with Gasteiger partial charge in [0.25, 0.3) is 5.82 Å². The highest BCUT2D eigenvalue weighted by molar-refractivity contribution is 5.70. The minimum Gasteiger partial charge on any atom is -0.481 e. The summed E-state index contributed by atoms with van der Waals surface area (Å²) in [5, 5.41) is 0. The number of rotatable bonds is 5. The first-order chi connectivity index (χ1) is 11.1. The number of hydrogen-bond acceptors (Lipinski definition) is 1. The van der Waals surface area contributed by atoms with Crippen molar-refractivity contribution in [3.05, 3.63) is 59.4 Å². The molecule has 0 spiro atoms. The van der Waals surface area contributed by atoms with Crippen LogP contribution in [-0.2, 0) is 13.2 Å². The number of nitrogens with zero attached hydrogens (tertiary/aromatic N) is 1. The molecular formula is C20H25N2O+. The molecule has 0 unspecified atom stereocenters. The Labute approximate surface area is 137 Å². The lowest BCUT2D eigenvalue weighted by Gasteiger charge is -2.13. The van der Waals surface area contributed by atoms with E-state index in [9.17, 15) is 0 Å². The van der Waals surface area contributed by atoms with E-state index in [0.717, 1.165) is 23.6 Å². The van der Waals surface area contributed by atoms with Gasteiger partial charge in [-0.1, -0.05) is 38.1 Å². The summed E-state index contributed by atoms with van der Waals surface area (Å²) in [6.07, 6.45) is 0. The molecule has 0 atom stereocenters. The number of fused-ring (bicyclic) bond motifs is 1. The number of ether oxygens (including phenoxy) is 1. The van der Waals surface area contributed by atoms with Gasteiger partial charge >= 0.3 is 0 Å². The maximum Gasteiger partial charge on any atom is 0.293 e. The van der Waals surface area contributed by atoms with Gasteiger partial charge in [0.1, 0.15) is 5.75 Å². The van der Waals surface area contributed by atoms with E-state index >= 15 is 0 Å². The highest BCUT2D eigenvalue weighted by Crippen LogP contribution is 2.28. The molecule has 3 heteroatoms. The summed E-state index contributed by atoms with van der Waals surface area (Å²) in [7, 11) is 0. The maximum atomic E-state index is 6.19. The van der Waals surface area contributed by atoms with Gasteiger partial charge in [-0.05, 0) is 49.1 Å². The lowest BCUT2D eigenvalue weighted by atomic mass is 10.0. The Morgan fingerprint density at radius 1 is 1.13 bits per heavy atom. The van der Waals surface area contributed by atoms with Gasteiger partial charge in [0.05, 0.1) is 6.54 Å². The van der Waals surface area contributed by atoms with Crippen molar-refractivity contribution in [2.45, 2.75) is 46.8 Å². The van der Waals surface area contributed by atoms with Crippen molar-refractivity contribution in [3.63, 3.8) is 0 Å². The van der Waals surface area contributed by atoms with Gasteiger partial charge in [0, 0.05) is 0 Å². The Morgan fingerprint density at radius 2 is 1.91 bits per heavy atom. The van der Waals surface area contributed by atoms with Crippen LogP contribution in [0.1, 0.15) is 43.6 Å². The smallest absolute Gasteiger partial charge is 0.293 e. The molecule has 0 aliphatic carbocycles. The number of aromatic amines is 1. The van der Waals surface area contributed by atoms with Crippen LogP contribution in [0.5, 0.6) is 5.75 Å². The topological polar surface area (TPSA) is 28.9 Å². The molecule has 3 nitrogen and oxygen atoms in total. The molecule has 0 bridgehead atoms. The highest BCUT2D eigenvalue weighted by Gasteiger charge is 2.18. The lowest BCUT2D eigenvalue weighted by molar-refractivity contribution is -0.676. The van der Waals surface area contributed by atoms with Gasteiger partial charge in [0.15, 0.2) is 17.6 Å². The van der Waals surface area contributed by atoms with E-state index in [-0.39, 0.29) is 0 Å². The normalized spacial score (nSPS) is 11.3. The van der Waals surface area contributed by atoms with E-state index in [1.807, 2.05) is 0 Å². The molecular weight excluding hydrogens is 284 g/mol. The fourth-order valence-electron chi connectivity index (χ4n) is 3.05. The second-order valence-corrected chi connectivity index (χ2v) is 6.32. The van der Waals surface area contributed by atoms with Gasteiger partial charge in [-0.15, -0.1) is 0 Å². The number of para-hydroxylation sites is 2. The van der Waals surface area contributed by atoms with Crippen molar-refractivity contribution >= 4 is 11.0 Å². The predicted molar refractivity (Wildman–Crippen MR) is 93.8 cm³/mol. The highest BCUT2D eigenvalue weighted by atomic mass is 16.5. The fraction of sp³-hybridized carbons (Fsp3) is 0.350. The van der Waals surface area contributed by atoms with Crippen molar-refractivity contribution in [1.29, 1.82) is 0 Å². The molecule has 1 heterocycles. The van der Waals surface area contributed by atoms with Crippen LogP contribution in [0.25, 0.3) is 11.0 Å². The standard InChI is InChI=1S/C20H24N2O/c1-5-22-18-9-7-6-8-17(18)21-20(22)13-23-19-12-15(4)10-11-16(19)14(2)3/h6-12,14H,5,13H2,1-4H3/p+1. The summed E-state index contributed by atoms with van der Waals surface area (Å²) >= 11 is 0. The molecule has 120 valence electrons. The Bertz CT molecular complexity index is 818. The van der Waals surface area contributed by atoms with E-state index in [1.54, 1.807) is 0 Å². The Balaban J connectivity index is 1.91. The number of benzene rings is 2. The van der Waals surface area contributed by atoms with Crippen LogP contribution in [0.3, 0.4) is 0 Å². The average molecular weight is 309 g/mol. The summed E-state index contributed by atoms with van der Waals surface area (Å²) in [6, 6.07) is 14.8. The number of hydrogen-bond donors (Lipinski definition) is 1. The molecule has 0 aliphatic rings. The van der Waals surface area contributed by atoms with Crippen molar-refractivity contribution < 1.29 is 9.30 Å². The average Bonchev–Trinajstić information content (AvgIpc) is 2.90. The van der Waals surface area contributed by atoms with Crippen LogP contribution in [-0.4, -0.2) is 4.98 Å². The van der Waals surface area contributed by atoms with Crippen LogP contribution in [0, 0.1) is 6.92 Å². The molecule has 0 fully saturated rings. The first kappa shape index (κ1) is 15.6. The summed E-state index contributed by atoms with van der Waals surface area (Å²) in [4.78, 5) is 3.49. The largest absolute Gasteiger partial charge is 0.481 e. The van der Waals surface area contributed by atoms with Crippen LogP contribution >= 0.6 is 0 Å². The van der Waals surface area contributed by atoms with Crippen molar-refractivity contribution in [2.24, 2.45) is 0 Å². The van der Waals surface area contributed by atoms with Crippen LogP contribution in [0.15, 0.2) is 42.5 Å². The number of aryl methyl sites for hydroxylation is 2. The maximum absolute atomic E-state index is 6.19. The second kappa shape index (κ2) is 6.45. The van der Waals surface area contributed by atoms with Crippen molar-refractivity contribution in [1.82, 2.24) is 4.98 Å².